The standard InChI is InChI=1S/C18H36N6O.HI/c1-6-7-9-19-18(20-12-16(8-10-25)11-14(2)3)21-13-17-23-22-15(4)24(17)5;/h14,16,25H,6-13H2,1-5H3,(H2,19,20,21);1H. The maximum Gasteiger partial charge on any atom is 0.191 e. The van der Waals surface area contributed by atoms with Gasteiger partial charge in [0.25, 0.3) is 0 Å². The summed E-state index contributed by atoms with van der Waals surface area (Å²) in [5.41, 5.74) is 0. The second-order valence-electron chi connectivity index (χ2n) is 7.06. The van der Waals surface area contributed by atoms with Crippen molar-refractivity contribution in [3.63, 3.8) is 0 Å². The molecule has 0 aliphatic heterocycles. The number of hydrogen-bond donors (Lipinski definition) is 3. The van der Waals surface area contributed by atoms with E-state index in [1.54, 1.807) is 0 Å². The van der Waals surface area contributed by atoms with Crippen LogP contribution in [0.4, 0.5) is 0 Å². The van der Waals surface area contributed by atoms with Gasteiger partial charge in [-0.25, -0.2) is 4.99 Å². The van der Waals surface area contributed by atoms with Gasteiger partial charge in [-0.2, -0.15) is 0 Å². The molecule has 1 rings (SSSR count). The molecular formula is C18H37IN6O. The minimum absolute atomic E-state index is 0. The lowest BCUT2D eigenvalue weighted by Crippen LogP contribution is -2.40. The molecule has 1 heterocycles. The van der Waals surface area contributed by atoms with Gasteiger partial charge in [-0.3, -0.25) is 0 Å². The third kappa shape index (κ3) is 9.70. The highest BCUT2D eigenvalue weighted by Gasteiger charge is 2.12. The van der Waals surface area contributed by atoms with Crippen molar-refractivity contribution in [2.45, 2.75) is 59.9 Å². The van der Waals surface area contributed by atoms with Gasteiger partial charge in [-0.05, 0) is 38.0 Å². The highest BCUT2D eigenvalue weighted by atomic mass is 127. The molecule has 0 aromatic carbocycles. The Kier molecular flexibility index (Phi) is 13.7. The number of aliphatic imine (C=N–C) groups is 1. The molecule has 0 saturated heterocycles. The van der Waals surface area contributed by atoms with Crippen LogP contribution < -0.4 is 10.6 Å². The number of hydrogen-bond acceptors (Lipinski definition) is 4. The third-order valence-electron chi connectivity index (χ3n) is 4.28. The molecule has 152 valence electrons. The van der Waals surface area contributed by atoms with Crippen molar-refractivity contribution in [1.82, 2.24) is 25.4 Å². The van der Waals surface area contributed by atoms with Gasteiger partial charge >= 0.3 is 0 Å². The molecule has 1 aromatic heterocycles. The second-order valence-corrected chi connectivity index (χ2v) is 7.06. The van der Waals surface area contributed by atoms with Gasteiger partial charge in [-0.15, -0.1) is 34.2 Å². The first-order chi connectivity index (χ1) is 12.0. The van der Waals surface area contributed by atoms with Gasteiger partial charge in [0, 0.05) is 26.7 Å². The van der Waals surface area contributed by atoms with Crippen LogP contribution in [0.2, 0.25) is 0 Å². The molecule has 1 atom stereocenters. The Hall–Kier alpha value is -0.900. The Balaban J connectivity index is 0.00000625. The highest BCUT2D eigenvalue weighted by Crippen LogP contribution is 2.14. The first-order valence-electron chi connectivity index (χ1n) is 9.45. The van der Waals surface area contributed by atoms with E-state index >= 15 is 0 Å². The smallest absolute Gasteiger partial charge is 0.191 e. The van der Waals surface area contributed by atoms with Crippen LogP contribution in [0.15, 0.2) is 4.99 Å². The van der Waals surface area contributed by atoms with Crippen LogP contribution in [-0.2, 0) is 13.6 Å². The summed E-state index contributed by atoms with van der Waals surface area (Å²) in [6.45, 7) is 11.0. The summed E-state index contributed by atoms with van der Waals surface area (Å²) >= 11 is 0. The number of nitrogens with zero attached hydrogens (tertiary/aromatic N) is 4. The van der Waals surface area contributed by atoms with Crippen molar-refractivity contribution in [3.05, 3.63) is 11.6 Å². The molecule has 1 unspecified atom stereocenters. The second kappa shape index (κ2) is 14.2. The van der Waals surface area contributed by atoms with Gasteiger partial charge in [0.2, 0.25) is 0 Å². The predicted molar refractivity (Wildman–Crippen MR) is 118 cm³/mol. The fourth-order valence-electron chi connectivity index (χ4n) is 2.69. The van der Waals surface area contributed by atoms with E-state index in [0.717, 1.165) is 56.4 Å². The number of unbranched alkanes of at least 4 members (excludes halogenated alkanes) is 1. The van der Waals surface area contributed by atoms with Gasteiger partial charge in [0.1, 0.15) is 12.4 Å². The van der Waals surface area contributed by atoms with Crippen LogP contribution in [0.5, 0.6) is 0 Å². The molecule has 0 fully saturated rings. The number of aliphatic hydroxyl groups is 1. The lowest BCUT2D eigenvalue weighted by atomic mass is 9.94. The number of aliphatic hydroxyl groups excluding tert-OH is 1. The SMILES string of the molecule is CCCCNC(=NCc1nnc(C)n1C)NCC(CCO)CC(C)C.I. The van der Waals surface area contributed by atoms with Crippen LogP contribution in [-0.4, -0.2) is 45.5 Å². The van der Waals surface area contributed by atoms with Crippen molar-refractivity contribution in [3.8, 4) is 0 Å². The number of aryl methyl sites for hydroxylation is 1. The molecule has 0 saturated carbocycles. The van der Waals surface area contributed by atoms with Crippen LogP contribution in [0.3, 0.4) is 0 Å². The number of halogens is 1. The predicted octanol–water partition coefficient (Wildman–Crippen LogP) is 2.62. The quantitative estimate of drug-likeness (QED) is 0.196. The van der Waals surface area contributed by atoms with E-state index in [9.17, 15) is 5.11 Å². The maximum absolute atomic E-state index is 9.28. The summed E-state index contributed by atoms with van der Waals surface area (Å²) in [4.78, 5) is 4.66. The van der Waals surface area contributed by atoms with E-state index in [0.29, 0.717) is 18.4 Å². The molecule has 0 bridgehead atoms. The average molecular weight is 480 g/mol. The maximum atomic E-state index is 9.28. The van der Waals surface area contributed by atoms with E-state index in [2.05, 4.69) is 46.6 Å². The van der Waals surface area contributed by atoms with E-state index in [1.165, 1.54) is 0 Å². The lowest BCUT2D eigenvalue weighted by molar-refractivity contribution is 0.243. The molecule has 0 amide bonds. The molecule has 1 aromatic rings. The summed E-state index contributed by atoms with van der Waals surface area (Å²) in [7, 11) is 1.96. The Labute approximate surface area is 175 Å². The van der Waals surface area contributed by atoms with E-state index < -0.39 is 0 Å². The minimum atomic E-state index is 0. The Morgan fingerprint density at radius 3 is 2.54 bits per heavy atom. The molecule has 0 aliphatic carbocycles. The van der Waals surface area contributed by atoms with E-state index in [-0.39, 0.29) is 30.6 Å². The van der Waals surface area contributed by atoms with Crippen LogP contribution >= 0.6 is 24.0 Å². The zero-order chi connectivity index (χ0) is 18.7. The fraction of sp³-hybridized carbons (Fsp3) is 0.833. The topological polar surface area (TPSA) is 87.4 Å². The zero-order valence-electron chi connectivity index (χ0n) is 17.0. The van der Waals surface area contributed by atoms with Gasteiger partial charge in [0.15, 0.2) is 11.8 Å². The molecule has 0 aliphatic rings. The van der Waals surface area contributed by atoms with Crippen molar-refractivity contribution in [2.24, 2.45) is 23.9 Å². The molecule has 26 heavy (non-hydrogen) atoms. The van der Waals surface area contributed by atoms with Crippen molar-refractivity contribution in [1.29, 1.82) is 0 Å². The van der Waals surface area contributed by atoms with Crippen LogP contribution in [0, 0.1) is 18.8 Å². The first kappa shape index (κ1) is 25.1. The summed E-state index contributed by atoms with van der Waals surface area (Å²) in [6.07, 6.45) is 4.16. The van der Waals surface area contributed by atoms with Crippen molar-refractivity contribution >= 4 is 29.9 Å². The highest BCUT2D eigenvalue weighted by molar-refractivity contribution is 14.0. The van der Waals surface area contributed by atoms with Crippen molar-refractivity contribution in [2.75, 3.05) is 19.7 Å². The Morgan fingerprint density at radius 2 is 2.00 bits per heavy atom. The fourth-order valence-corrected chi connectivity index (χ4v) is 2.69. The molecule has 0 spiro atoms. The summed E-state index contributed by atoms with van der Waals surface area (Å²) in [6, 6.07) is 0. The lowest BCUT2D eigenvalue weighted by Gasteiger charge is -2.20. The normalized spacial score (nSPS) is 12.8. The molecule has 7 nitrogen and oxygen atoms in total. The monoisotopic (exact) mass is 480 g/mol. The first-order valence-corrected chi connectivity index (χ1v) is 9.45. The number of aromatic nitrogens is 3. The van der Waals surface area contributed by atoms with Crippen LogP contribution in [0.25, 0.3) is 0 Å². The van der Waals surface area contributed by atoms with E-state index in [1.807, 2.05) is 18.5 Å². The average Bonchev–Trinajstić information content (AvgIpc) is 2.88. The summed E-state index contributed by atoms with van der Waals surface area (Å²) < 4.78 is 1.96. The number of nitrogens with one attached hydrogen (secondary N) is 2. The van der Waals surface area contributed by atoms with Crippen LogP contribution in [0.1, 0.15) is 58.1 Å². The number of guanidine groups is 1. The van der Waals surface area contributed by atoms with Gasteiger partial charge < -0.3 is 20.3 Å². The Bertz CT molecular complexity index is 518. The Morgan fingerprint density at radius 1 is 1.27 bits per heavy atom. The summed E-state index contributed by atoms with van der Waals surface area (Å²) in [5, 5.41) is 24.3. The van der Waals surface area contributed by atoms with Crippen molar-refractivity contribution < 1.29 is 5.11 Å². The largest absolute Gasteiger partial charge is 0.396 e. The third-order valence-corrected chi connectivity index (χ3v) is 4.28. The molecule has 8 heteroatoms. The summed E-state index contributed by atoms with van der Waals surface area (Å²) in [5.74, 6) is 3.61. The number of rotatable bonds is 11. The van der Waals surface area contributed by atoms with Gasteiger partial charge in [-0.1, -0.05) is 27.2 Å². The zero-order valence-corrected chi connectivity index (χ0v) is 19.3. The van der Waals surface area contributed by atoms with Gasteiger partial charge in [0.05, 0.1) is 0 Å². The van der Waals surface area contributed by atoms with E-state index in [4.69, 9.17) is 0 Å². The minimum Gasteiger partial charge on any atom is -0.396 e. The molecule has 0 radical (unpaired) electrons. The molecular weight excluding hydrogens is 443 g/mol. The molecule has 3 N–H and O–H groups in total.